The summed E-state index contributed by atoms with van der Waals surface area (Å²) in [6.45, 7) is 17.1. The Balaban J connectivity index is 0.00000190. The highest BCUT2D eigenvalue weighted by Crippen LogP contribution is 2.34. The molecule has 0 aromatic heterocycles. The number of nitrogens with zero attached hydrogens (tertiary/aromatic N) is 1. The molecule has 0 radical (unpaired) electrons. The van der Waals surface area contributed by atoms with Crippen LogP contribution in [0.3, 0.4) is 0 Å². The Morgan fingerprint density at radius 2 is 1.86 bits per heavy atom. The minimum Gasteiger partial charge on any atom is -0.383 e. The highest BCUT2D eigenvalue weighted by Gasteiger charge is 2.26. The Morgan fingerprint density at radius 1 is 1.18 bits per heavy atom. The summed E-state index contributed by atoms with van der Waals surface area (Å²) in [7, 11) is 0. The van der Waals surface area contributed by atoms with E-state index in [1.165, 1.54) is 0 Å². The van der Waals surface area contributed by atoms with Gasteiger partial charge in [0.1, 0.15) is 0 Å². The van der Waals surface area contributed by atoms with E-state index >= 15 is 0 Å². The van der Waals surface area contributed by atoms with Gasteiger partial charge in [-0.3, -0.25) is 10.6 Å². The molecular formula is C23H34N4O. The van der Waals surface area contributed by atoms with Gasteiger partial charge < -0.3 is 15.6 Å². The number of likely N-dealkylation sites (N-methyl/N-ethyl adjacent to an activating group) is 1. The van der Waals surface area contributed by atoms with Gasteiger partial charge in [-0.15, -0.1) is 0 Å². The molecule has 0 saturated carbocycles. The van der Waals surface area contributed by atoms with Gasteiger partial charge >= 0.3 is 0 Å². The van der Waals surface area contributed by atoms with Crippen molar-refractivity contribution in [1.29, 1.82) is 0 Å². The van der Waals surface area contributed by atoms with Crippen molar-refractivity contribution < 1.29 is 4.79 Å². The van der Waals surface area contributed by atoms with E-state index in [0.717, 1.165) is 46.8 Å². The molecule has 1 aromatic carbocycles. The smallest absolute Gasteiger partial charge is 0.227 e. The predicted octanol–water partition coefficient (Wildman–Crippen LogP) is 4.27. The molecule has 4 N–H and O–H groups in total. The number of nitrogens with one attached hydrogen (secondary N) is 2. The minimum absolute atomic E-state index is 0.0750. The lowest BCUT2D eigenvalue weighted by atomic mass is 9.95. The maximum Gasteiger partial charge on any atom is 0.227 e. The van der Waals surface area contributed by atoms with Gasteiger partial charge in [0.05, 0.1) is 23.6 Å². The third-order valence-electron chi connectivity index (χ3n) is 4.37. The number of carbonyl (C=O) groups is 1. The first-order valence-electron chi connectivity index (χ1n) is 9.95. The van der Waals surface area contributed by atoms with Crippen molar-refractivity contribution in [1.82, 2.24) is 10.7 Å². The van der Waals surface area contributed by atoms with E-state index < -0.39 is 0 Å². The molecule has 0 saturated heterocycles. The van der Waals surface area contributed by atoms with Crippen LogP contribution >= 0.6 is 0 Å². The number of rotatable bonds is 7. The second kappa shape index (κ2) is 11.8. The Labute approximate surface area is 169 Å². The Kier molecular flexibility index (Phi) is 9.82. The van der Waals surface area contributed by atoms with Gasteiger partial charge in [-0.05, 0) is 25.0 Å². The zero-order valence-corrected chi connectivity index (χ0v) is 17.6. The van der Waals surface area contributed by atoms with Crippen molar-refractivity contribution in [2.24, 2.45) is 5.84 Å². The van der Waals surface area contributed by atoms with E-state index in [1.807, 2.05) is 52.0 Å². The molecule has 0 bridgehead atoms. The number of para-hydroxylation sites is 1. The summed E-state index contributed by atoms with van der Waals surface area (Å²) in [5, 5.41) is 3.39. The van der Waals surface area contributed by atoms with E-state index in [-0.39, 0.29) is 5.91 Å². The zero-order chi connectivity index (χ0) is 21.1. The summed E-state index contributed by atoms with van der Waals surface area (Å²) in [5.74, 6) is 5.98. The lowest BCUT2D eigenvalue weighted by Gasteiger charge is -2.31. The van der Waals surface area contributed by atoms with Crippen LogP contribution in [0.4, 0.5) is 5.69 Å². The second-order valence-electron chi connectivity index (χ2n) is 6.02. The molecular weight excluding hydrogens is 348 g/mol. The third-order valence-corrected chi connectivity index (χ3v) is 4.37. The first-order chi connectivity index (χ1) is 13.6. The molecule has 1 aliphatic rings. The van der Waals surface area contributed by atoms with Gasteiger partial charge in [0.15, 0.2) is 0 Å². The topological polar surface area (TPSA) is 70.4 Å². The lowest BCUT2D eigenvalue weighted by Crippen LogP contribution is -2.37. The molecule has 0 spiro atoms. The standard InChI is InChI=1S/C21H28N4O.C2H6/c1-5-11-19(26)25-14-15(6-2)16(7-3)20(23-8-4)21(24-22)17-12-9-10-13-18(17)25;1-2/h6-7,9-10,12-13,23-24H,2-3,5,8,11,14,22H2,1,4H3;1-2H3/b16-15-,21-20-;. The fourth-order valence-electron chi connectivity index (χ4n) is 3.18. The average molecular weight is 383 g/mol. The summed E-state index contributed by atoms with van der Waals surface area (Å²) in [4.78, 5) is 14.6. The summed E-state index contributed by atoms with van der Waals surface area (Å²) >= 11 is 0. The second-order valence-corrected chi connectivity index (χ2v) is 6.02. The molecule has 1 aromatic rings. The number of hydrazine groups is 1. The van der Waals surface area contributed by atoms with Crippen molar-refractivity contribution in [3.8, 4) is 0 Å². The highest BCUT2D eigenvalue weighted by molar-refractivity contribution is 5.98. The molecule has 2 rings (SSSR count). The number of carbonyl (C=O) groups excluding carboxylic acids is 1. The first kappa shape index (κ1) is 23.2. The Morgan fingerprint density at radius 3 is 2.39 bits per heavy atom. The van der Waals surface area contributed by atoms with Gasteiger partial charge in [0.2, 0.25) is 5.91 Å². The van der Waals surface area contributed by atoms with Gasteiger partial charge in [0.25, 0.3) is 0 Å². The van der Waals surface area contributed by atoms with Crippen LogP contribution in [0.5, 0.6) is 0 Å². The van der Waals surface area contributed by atoms with Crippen LogP contribution < -0.4 is 21.5 Å². The van der Waals surface area contributed by atoms with Crippen LogP contribution in [0.1, 0.15) is 46.1 Å². The maximum absolute atomic E-state index is 12.8. The number of fused-ring (bicyclic) bond motifs is 1. The summed E-state index contributed by atoms with van der Waals surface area (Å²) < 4.78 is 0. The molecule has 5 heteroatoms. The van der Waals surface area contributed by atoms with Crippen molar-refractivity contribution in [3.63, 3.8) is 0 Å². The number of amides is 1. The zero-order valence-electron chi connectivity index (χ0n) is 17.6. The molecule has 28 heavy (non-hydrogen) atoms. The SMILES string of the molecule is C=C/C1=C(C=C)/C(NCC)=C(/NN)c2ccccc2N(C(=O)CCC)C1.CC. The maximum atomic E-state index is 12.8. The van der Waals surface area contributed by atoms with E-state index in [1.54, 1.807) is 17.1 Å². The fourth-order valence-corrected chi connectivity index (χ4v) is 3.18. The molecule has 0 unspecified atom stereocenters. The van der Waals surface area contributed by atoms with Crippen molar-refractivity contribution in [3.05, 3.63) is 72.0 Å². The molecule has 0 aliphatic carbocycles. The van der Waals surface area contributed by atoms with Gasteiger partial charge in [-0.1, -0.05) is 64.3 Å². The number of hydrogen-bond acceptors (Lipinski definition) is 4. The van der Waals surface area contributed by atoms with E-state index in [9.17, 15) is 4.79 Å². The number of benzene rings is 1. The first-order valence-corrected chi connectivity index (χ1v) is 9.95. The van der Waals surface area contributed by atoms with Gasteiger partial charge in [-0.25, -0.2) is 0 Å². The van der Waals surface area contributed by atoms with Gasteiger partial charge in [0, 0.05) is 24.1 Å². The fraction of sp³-hybridized carbons (Fsp3) is 0.348. The lowest BCUT2D eigenvalue weighted by molar-refractivity contribution is -0.118. The van der Waals surface area contributed by atoms with Crippen LogP contribution in [0.2, 0.25) is 0 Å². The normalized spacial score (nSPS) is 18.7. The molecule has 1 aliphatic heterocycles. The van der Waals surface area contributed by atoms with Gasteiger partial charge in [-0.2, -0.15) is 0 Å². The van der Waals surface area contributed by atoms with E-state index in [2.05, 4.69) is 23.9 Å². The van der Waals surface area contributed by atoms with Crippen LogP contribution in [0, 0.1) is 0 Å². The monoisotopic (exact) mass is 382 g/mol. The molecule has 5 nitrogen and oxygen atoms in total. The molecule has 0 fully saturated rings. The van der Waals surface area contributed by atoms with E-state index in [4.69, 9.17) is 5.84 Å². The number of allylic oxidation sites excluding steroid dienone is 1. The average Bonchev–Trinajstić information content (AvgIpc) is 2.72. The van der Waals surface area contributed by atoms with Crippen molar-refractivity contribution >= 4 is 17.3 Å². The van der Waals surface area contributed by atoms with Crippen molar-refractivity contribution in [2.75, 3.05) is 18.0 Å². The summed E-state index contributed by atoms with van der Waals surface area (Å²) in [5.41, 5.74) is 7.92. The molecule has 1 amide bonds. The number of nitrogens with two attached hydrogens (primary N) is 1. The predicted molar refractivity (Wildman–Crippen MR) is 120 cm³/mol. The highest BCUT2D eigenvalue weighted by atomic mass is 16.2. The quantitative estimate of drug-likeness (QED) is 0.486. The minimum atomic E-state index is 0.0750. The van der Waals surface area contributed by atoms with Crippen LogP contribution in [-0.2, 0) is 4.79 Å². The van der Waals surface area contributed by atoms with Crippen LogP contribution in [-0.4, -0.2) is 19.0 Å². The van der Waals surface area contributed by atoms with E-state index in [0.29, 0.717) is 13.0 Å². The Hall–Kier alpha value is -2.79. The molecule has 1 heterocycles. The third kappa shape index (κ3) is 4.93. The number of hydrogen-bond donors (Lipinski definition) is 3. The van der Waals surface area contributed by atoms with Crippen molar-refractivity contribution in [2.45, 2.75) is 40.5 Å². The molecule has 152 valence electrons. The summed E-state index contributed by atoms with van der Waals surface area (Å²) in [6, 6.07) is 7.78. The number of anilines is 1. The van der Waals surface area contributed by atoms with Crippen LogP contribution in [0.25, 0.3) is 5.70 Å². The largest absolute Gasteiger partial charge is 0.383 e. The Bertz CT molecular complexity index is 762. The van der Waals surface area contributed by atoms with Crippen LogP contribution in [0.15, 0.2) is 66.4 Å². The molecule has 0 atom stereocenters. The summed E-state index contributed by atoms with van der Waals surface area (Å²) in [6.07, 6.45) is 4.84.